The second-order valence-electron chi connectivity index (χ2n) is 7.63. The van der Waals surface area contributed by atoms with Crippen molar-refractivity contribution in [1.82, 2.24) is 4.90 Å². The Bertz CT molecular complexity index is 823. The summed E-state index contributed by atoms with van der Waals surface area (Å²) in [6.07, 6.45) is 4.23. The van der Waals surface area contributed by atoms with Gasteiger partial charge >= 0.3 is 0 Å². The molecule has 1 fully saturated rings. The first-order chi connectivity index (χ1) is 13.1. The van der Waals surface area contributed by atoms with Crippen LogP contribution < -0.4 is 16.2 Å². The average molecular weight is 365 g/mol. The number of nitrogens with zero attached hydrogens (tertiary/aromatic N) is 1. The van der Waals surface area contributed by atoms with E-state index in [0.717, 1.165) is 38.8 Å². The summed E-state index contributed by atoms with van der Waals surface area (Å²) in [5, 5.41) is 0. The van der Waals surface area contributed by atoms with Gasteiger partial charge in [0.15, 0.2) is 0 Å². The van der Waals surface area contributed by atoms with E-state index in [2.05, 4.69) is 29.2 Å². The fourth-order valence-electron chi connectivity index (χ4n) is 4.43. The molecule has 1 saturated heterocycles. The molecule has 1 aliphatic carbocycles. The summed E-state index contributed by atoms with van der Waals surface area (Å²) in [6.45, 7) is 1.97. The van der Waals surface area contributed by atoms with E-state index in [9.17, 15) is 4.79 Å². The maximum Gasteiger partial charge on any atom is 0.248 e. The van der Waals surface area contributed by atoms with E-state index in [0.29, 0.717) is 11.3 Å². The molecule has 0 radical (unpaired) electrons. The Kier molecular flexibility index (Phi) is 5.14. The third-order valence-corrected chi connectivity index (χ3v) is 5.76. The van der Waals surface area contributed by atoms with Crippen LogP contribution in [0.2, 0.25) is 0 Å². The van der Waals surface area contributed by atoms with E-state index in [4.69, 9.17) is 16.2 Å². The summed E-state index contributed by atoms with van der Waals surface area (Å²) < 4.78 is 6.48. The number of carbonyl (C=O) groups is 1. The fraction of sp³-hybridized carbons (Fsp3) is 0.409. The number of piperidine rings is 1. The average Bonchev–Trinajstić information content (AvgIpc) is 2.68. The van der Waals surface area contributed by atoms with Gasteiger partial charge in [0.05, 0.1) is 6.04 Å². The molecule has 142 valence electrons. The maximum absolute atomic E-state index is 11.5. The summed E-state index contributed by atoms with van der Waals surface area (Å²) >= 11 is 0. The van der Waals surface area contributed by atoms with Crippen molar-refractivity contribution >= 4 is 5.91 Å². The summed E-state index contributed by atoms with van der Waals surface area (Å²) in [6, 6.07) is 16.2. The number of nitrogens with two attached hydrogens (primary N) is 2. The topological polar surface area (TPSA) is 81.6 Å². The zero-order valence-electron chi connectivity index (χ0n) is 15.5. The minimum absolute atomic E-state index is 0.0802. The zero-order chi connectivity index (χ0) is 18.8. The van der Waals surface area contributed by atoms with Gasteiger partial charge in [0.2, 0.25) is 5.91 Å². The Labute approximate surface area is 160 Å². The van der Waals surface area contributed by atoms with Gasteiger partial charge in [-0.1, -0.05) is 30.3 Å². The van der Waals surface area contributed by atoms with Crippen LogP contribution in [0.3, 0.4) is 0 Å². The number of aryl methyl sites for hydroxylation is 1. The number of primary amides is 1. The molecule has 0 spiro atoms. The second-order valence-corrected chi connectivity index (χ2v) is 7.63. The predicted octanol–water partition coefficient (Wildman–Crippen LogP) is 2.64. The third kappa shape index (κ3) is 3.84. The van der Waals surface area contributed by atoms with Crippen molar-refractivity contribution in [3.8, 4) is 5.75 Å². The highest BCUT2D eigenvalue weighted by atomic mass is 16.5. The number of fused-ring (bicyclic) bond motifs is 1. The van der Waals surface area contributed by atoms with Gasteiger partial charge in [-0.15, -0.1) is 0 Å². The highest BCUT2D eigenvalue weighted by Crippen LogP contribution is 2.37. The third-order valence-electron chi connectivity index (χ3n) is 5.76. The highest BCUT2D eigenvalue weighted by molar-refractivity contribution is 5.93. The van der Waals surface area contributed by atoms with Gasteiger partial charge in [-0.05, 0) is 61.6 Å². The summed E-state index contributed by atoms with van der Waals surface area (Å²) in [7, 11) is 0. The number of hydrogen-bond donors (Lipinski definition) is 2. The zero-order valence-corrected chi connectivity index (χ0v) is 15.5. The van der Waals surface area contributed by atoms with Gasteiger partial charge in [-0.2, -0.15) is 0 Å². The van der Waals surface area contributed by atoms with Crippen molar-refractivity contribution in [2.75, 3.05) is 13.1 Å². The first-order valence-corrected chi connectivity index (χ1v) is 9.76. The van der Waals surface area contributed by atoms with Crippen LogP contribution in [0.25, 0.3) is 0 Å². The molecule has 0 bridgehead atoms. The predicted molar refractivity (Wildman–Crippen MR) is 106 cm³/mol. The smallest absolute Gasteiger partial charge is 0.248 e. The molecule has 1 aliphatic heterocycles. The van der Waals surface area contributed by atoms with E-state index in [-0.39, 0.29) is 18.2 Å². The van der Waals surface area contributed by atoms with Gasteiger partial charge in [-0.25, -0.2) is 0 Å². The molecule has 2 aliphatic rings. The Morgan fingerprint density at radius 1 is 1.11 bits per heavy atom. The first kappa shape index (κ1) is 18.0. The van der Waals surface area contributed by atoms with Crippen LogP contribution in [-0.4, -0.2) is 36.0 Å². The number of amides is 1. The SMILES string of the molecule is NC(=O)c1cccc(O[C@H]2c3ccccc3CC[C@@H]2N2CCC[C@H](N)C2)c1. The number of rotatable bonds is 4. The summed E-state index contributed by atoms with van der Waals surface area (Å²) in [4.78, 5) is 14.0. The Morgan fingerprint density at radius 3 is 2.78 bits per heavy atom. The van der Waals surface area contributed by atoms with Crippen molar-refractivity contribution in [3.63, 3.8) is 0 Å². The molecule has 2 aromatic carbocycles. The van der Waals surface area contributed by atoms with Gasteiger partial charge in [-0.3, -0.25) is 9.69 Å². The lowest BCUT2D eigenvalue weighted by atomic mass is 9.84. The van der Waals surface area contributed by atoms with Crippen LogP contribution in [-0.2, 0) is 6.42 Å². The fourth-order valence-corrected chi connectivity index (χ4v) is 4.43. The van der Waals surface area contributed by atoms with Crippen LogP contribution in [0.1, 0.15) is 46.9 Å². The van der Waals surface area contributed by atoms with Gasteiger partial charge in [0.25, 0.3) is 0 Å². The van der Waals surface area contributed by atoms with Crippen molar-refractivity contribution in [2.24, 2.45) is 11.5 Å². The molecular weight excluding hydrogens is 338 g/mol. The van der Waals surface area contributed by atoms with Crippen molar-refractivity contribution in [1.29, 1.82) is 0 Å². The summed E-state index contributed by atoms with van der Waals surface area (Å²) in [5.74, 6) is 0.238. The molecular formula is C22H27N3O2. The largest absolute Gasteiger partial charge is 0.484 e. The molecule has 4 N–H and O–H groups in total. The van der Waals surface area contributed by atoms with Crippen molar-refractivity contribution < 1.29 is 9.53 Å². The van der Waals surface area contributed by atoms with Crippen molar-refractivity contribution in [3.05, 3.63) is 65.2 Å². The van der Waals surface area contributed by atoms with Gasteiger partial charge in [0, 0.05) is 18.2 Å². The first-order valence-electron chi connectivity index (χ1n) is 9.76. The van der Waals surface area contributed by atoms with Crippen LogP contribution in [0, 0.1) is 0 Å². The molecule has 0 aromatic heterocycles. The van der Waals surface area contributed by atoms with Crippen molar-refractivity contribution in [2.45, 2.75) is 43.9 Å². The number of ether oxygens (including phenoxy) is 1. The summed E-state index contributed by atoms with van der Waals surface area (Å²) in [5.41, 5.74) is 14.7. The van der Waals surface area contributed by atoms with Crippen LogP contribution in [0.5, 0.6) is 5.75 Å². The second kappa shape index (κ2) is 7.71. The molecule has 1 heterocycles. The molecule has 0 saturated carbocycles. The highest BCUT2D eigenvalue weighted by Gasteiger charge is 2.36. The standard InChI is InChI=1S/C22H27N3O2/c23-17-7-4-12-25(14-17)20-11-10-15-5-1-2-9-19(15)21(20)27-18-8-3-6-16(13-18)22(24)26/h1-3,5-6,8-9,13,17,20-21H,4,7,10-12,14,23H2,(H2,24,26)/t17-,20-,21-/m0/s1. The lowest BCUT2D eigenvalue weighted by Gasteiger charge is -2.43. The monoisotopic (exact) mass is 365 g/mol. The normalized spacial score (nSPS) is 25.6. The van der Waals surface area contributed by atoms with E-state index in [1.807, 2.05) is 12.1 Å². The van der Waals surface area contributed by atoms with E-state index >= 15 is 0 Å². The van der Waals surface area contributed by atoms with Crippen LogP contribution in [0.15, 0.2) is 48.5 Å². The van der Waals surface area contributed by atoms with E-state index in [1.54, 1.807) is 12.1 Å². The number of hydrogen-bond acceptors (Lipinski definition) is 4. The van der Waals surface area contributed by atoms with Gasteiger partial charge in [0.1, 0.15) is 11.9 Å². The minimum Gasteiger partial charge on any atom is -0.484 e. The molecule has 0 unspecified atom stereocenters. The van der Waals surface area contributed by atoms with E-state index in [1.165, 1.54) is 11.1 Å². The van der Waals surface area contributed by atoms with Crippen LogP contribution in [0.4, 0.5) is 0 Å². The lowest BCUT2D eigenvalue weighted by molar-refractivity contribution is 0.0367. The molecule has 27 heavy (non-hydrogen) atoms. The molecule has 5 nitrogen and oxygen atoms in total. The number of likely N-dealkylation sites (tertiary alicyclic amines) is 1. The Hall–Kier alpha value is -2.37. The molecule has 5 heteroatoms. The van der Waals surface area contributed by atoms with E-state index < -0.39 is 5.91 Å². The number of carbonyl (C=O) groups excluding carboxylic acids is 1. The molecule has 2 aromatic rings. The molecule has 3 atom stereocenters. The molecule has 1 amide bonds. The van der Waals surface area contributed by atoms with Gasteiger partial charge < -0.3 is 16.2 Å². The van der Waals surface area contributed by atoms with Crippen LogP contribution >= 0.6 is 0 Å². The maximum atomic E-state index is 11.5. The Morgan fingerprint density at radius 2 is 1.96 bits per heavy atom. The number of benzene rings is 2. The minimum atomic E-state index is -0.442. The Balaban J connectivity index is 1.66. The molecule has 4 rings (SSSR count). The quantitative estimate of drug-likeness (QED) is 0.873. The lowest BCUT2D eigenvalue weighted by Crippen LogP contribution is -2.51.